The quantitative estimate of drug-likeness (QED) is 0.141. The van der Waals surface area contributed by atoms with Gasteiger partial charge in [-0.1, -0.05) is 30.3 Å². The summed E-state index contributed by atoms with van der Waals surface area (Å²) in [5, 5.41) is 14.0. The van der Waals surface area contributed by atoms with Gasteiger partial charge in [0, 0.05) is 77.1 Å². The first-order valence-electron chi connectivity index (χ1n) is 15.0. The van der Waals surface area contributed by atoms with Gasteiger partial charge in [0.25, 0.3) is 29.3 Å². The maximum absolute atomic E-state index is 13.6. The number of imide groups is 2. The second-order valence-electron chi connectivity index (χ2n) is 12.0. The zero-order valence-electron chi connectivity index (χ0n) is 24.9. The summed E-state index contributed by atoms with van der Waals surface area (Å²) in [5.74, 6) is -1.81. The van der Waals surface area contributed by atoms with Gasteiger partial charge in [-0.25, -0.2) is 0 Å². The lowest BCUT2D eigenvalue weighted by Crippen LogP contribution is -2.43. The Kier molecular flexibility index (Phi) is 6.91. The molecule has 0 saturated carbocycles. The van der Waals surface area contributed by atoms with Gasteiger partial charge in [-0.2, -0.15) is 0 Å². The minimum atomic E-state index is -0.611. The molecule has 2 unspecified atom stereocenters. The molecule has 232 valence electrons. The van der Waals surface area contributed by atoms with Gasteiger partial charge in [0.05, 0.1) is 21.6 Å². The Hall–Kier alpha value is -5.46. The Morgan fingerprint density at radius 2 is 1.37 bits per heavy atom. The van der Waals surface area contributed by atoms with Crippen molar-refractivity contribution in [2.45, 2.75) is 31.3 Å². The Balaban J connectivity index is 1.01. The molecule has 0 bridgehead atoms. The van der Waals surface area contributed by atoms with Crippen molar-refractivity contribution in [1.82, 2.24) is 14.4 Å². The summed E-state index contributed by atoms with van der Waals surface area (Å²) in [6.45, 7) is 0.124. The van der Waals surface area contributed by atoms with Gasteiger partial charge in [0.15, 0.2) is 0 Å². The van der Waals surface area contributed by atoms with E-state index in [0.717, 1.165) is 26.7 Å². The molecule has 12 nitrogen and oxygen atoms in total. The highest BCUT2D eigenvalue weighted by atomic mass is 16.6. The van der Waals surface area contributed by atoms with Crippen molar-refractivity contribution < 1.29 is 24.1 Å². The molecule has 5 aromatic rings. The first-order chi connectivity index (χ1) is 22.1. The molecule has 4 amide bonds. The van der Waals surface area contributed by atoms with Gasteiger partial charge >= 0.3 is 0 Å². The van der Waals surface area contributed by atoms with Gasteiger partial charge in [0.1, 0.15) is 0 Å². The van der Waals surface area contributed by atoms with Gasteiger partial charge in [0.2, 0.25) is 0 Å². The van der Waals surface area contributed by atoms with Gasteiger partial charge in [-0.3, -0.25) is 39.1 Å². The van der Waals surface area contributed by atoms with Crippen LogP contribution < -0.4 is 11.5 Å². The second kappa shape index (κ2) is 10.9. The molecule has 0 aliphatic carbocycles. The third-order valence-electron chi connectivity index (χ3n) is 9.19. The number of nitrogens with zero attached hydrogens (tertiary/aromatic N) is 4. The number of nitro benzene ring substituents is 1. The smallest absolute Gasteiger partial charge is 0.270 e. The van der Waals surface area contributed by atoms with Crippen LogP contribution in [0.3, 0.4) is 0 Å². The molecular weight excluding hydrogens is 588 g/mol. The van der Waals surface area contributed by atoms with Crippen molar-refractivity contribution >= 4 is 61.9 Å². The number of para-hydroxylation sites is 1. The van der Waals surface area contributed by atoms with Crippen LogP contribution >= 0.6 is 0 Å². The van der Waals surface area contributed by atoms with Crippen LogP contribution in [0.1, 0.15) is 60.7 Å². The fraction of sp³-hybridized carbons (Fsp3) is 0.235. The van der Waals surface area contributed by atoms with Crippen LogP contribution in [0.25, 0.3) is 32.6 Å². The van der Waals surface area contributed by atoms with E-state index in [1.807, 2.05) is 41.9 Å². The number of aromatic nitrogens is 1. The molecule has 3 heterocycles. The van der Waals surface area contributed by atoms with E-state index in [0.29, 0.717) is 40.3 Å². The van der Waals surface area contributed by atoms with E-state index >= 15 is 0 Å². The molecule has 4 aromatic carbocycles. The van der Waals surface area contributed by atoms with Crippen molar-refractivity contribution in [2.75, 3.05) is 13.1 Å². The van der Waals surface area contributed by atoms with E-state index in [1.54, 1.807) is 24.3 Å². The zero-order chi connectivity index (χ0) is 32.4. The van der Waals surface area contributed by atoms with Crippen LogP contribution in [0.4, 0.5) is 5.69 Å². The number of nitrogens with two attached hydrogens (primary N) is 2. The highest BCUT2D eigenvalue weighted by Crippen LogP contribution is 2.37. The first kappa shape index (κ1) is 29.3. The van der Waals surface area contributed by atoms with Crippen LogP contribution in [0, 0.1) is 10.1 Å². The van der Waals surface area contributed by atoms with Gasteiger partial charge in [-0.05, 0) is 48.9 Å². The van der Waals surface area contributed by atoms with Gasteiger partial charge < -0.3 is 16.0 Å². The van der Waals surface area contributed by atoms with Crippen LogP contribution in [0.15, 0.2) is 66.7 Å². The number of rotatable bonds is 9. The average Bonchev–Trinajstić information content (AvgIpc) is 3.47. The van der Waals surface area contributed by atoms with Crippen LogP contribution in [-0.2, 0) is 7.05 Å². The molecule has 0 radical (unpaired) electrons. The summed E-state index contributed by atoms with van der Waals surface area (Å²) in [6.07, 6.45) is 0.889. The number of benzene rings is 4. The van der Waals surface area contributed by atoms with Crippen molar-refractivity contribution in [3.8, 4) is 0 Å². The zero-order valence-corrected chi connectivity index (χ0v) is 24.9. The number of amides is 4. The van der Waals surface area contributed by atoms with E-state index in [4.69, 9.17) is 11.5 Å². The number of nitro groups is 1. The third kappa shape index (κ3) is 4.44. The fourth-order valence-corrected chi connectivity index (χ4v) is 6.89. The number of carbonyl (C=O) groups is 4. The number of fused-ring (bicyclic) bond motifs is 5. The third-order valence-corrected chi connectivity index (χ3v) is 9.19. The predicted molar refractivity (Wildman–Crippen MR) is 172 cm³/mol. The van der Waals surface area contributed by atoms with Crippen LogP contribution in [-0.4, -0.2) is 68.1 Å². The minimum absolute atomic E-state index is 0.00348. The van der Waals surface area contributed by atoms with E-state index in [1.165, 1.54) is 17.0 Å². The molecular formula is C34H30N6O6. The molecule has 0 spiro atoms. The lowest BCUT2D eigenvalue weighted by Gasteiger charge is -2.28. The van der Waals surface area contributed by atoms with E-state index < -0.39 is 28.8 Å². The summed E-state index contributed by atoms with van der Waals surface area (Å²) in [6, 6.07) is 17.8. The minimum Gasteiger partial charge on any atom is -0.344 e. The van der Waals surface area contributed by atoms with Crippen molar-refractivity contribution in [3.05, 3.63) is 99.1 Å². The van der Waals surface area contributed by atoms with E-state index in [2.05, 4.69) is 0 Å². The highest BCUT2D eigenvalue weighted by Gasteiger charge is 2.38. The summed E-state index contributed by atoms with van der Waals surface area (Å²) in [7, 11) is 1.93. The number of hydrogen-bond donors (Lipinski definition) is 2. The molecule has 4 N–H and O–H groups in total. The Labute approximate surface area is 262 Å². The molecule has 0 fully saturated rings. The van der Waals surface area contributed by atoms with Crippen LogP contribution in [0.5, 0.6) is 0 Å². The topological polar surface area (TPSA) is 175 Å². The van der Waals surface area contributed by atoms with Crippen molar-refractivity contribution in [2.24, 2.45) is 18.5 Å². The van der Waals surface area contributed by atoms with Crippen molar-refractivity contribution in [3.63, 3.8) is 0 Å². The largest absolute Gasteiger partial charge is 0.344 e. The van der Waals surface area contributed by atoms with Gasteiger partial charge in [-0.15, -0.1) is 0 Å². The fourth-order valence-electron chi connectivity index (χ4n) is 6.89. The normalized spacial score (nSPS) is 15.8. The monoisotopic (exact) mass is 618 g/mol. The summed E-state index contributed by atoms with van der Waals surface area (Å²) >= 11 is 0. The SMILES string of the molecule is Cn1c2ccccc2c2c3c(ccc21)C(=O)N(CCC(N)CC(N)CCN1C(=O)c2cccc4cc([N+](=O)[O-])cc(c24)C1=O)C3=O. The Morgan fingerprint density at radius 1 is 0.717 bits per heavy atom. The van der Waals surface area contributed by atoms with E-state index in [9.17, 15) is 29.3 Å². The molecule has 12 heteroatoms. The number of carbonyl (C=O) groups excluding carboxylic acids is 4. The first-order valence-corrected chi connectivity index (χ1v) is 15.0. The average molecular weight is 619 g/mol. The maximum Gasteiger partial charge on any atom is 0.270 e. The molecule has 7 rings (SSSR count). The van der Waals surface area contributed by atoms with Crippen LogP contribution in [0.2, 0.25) is 0 Å². The lowest BCUT2D eigenvalue weighted by atomic mass is 9.93. The molecule has 0 saturated heterocycles. The van der Waals surface area contributed by atoms with E-state index in [-0.39, 0.29) is 42.6 Å². The number of non-ortho nitro benzene ring substituents is 1. The predicted octanol–water partition coefficient (Wildman–Crippen LogP) is 4.11. The lowest BCUT2D eigenvalue weighted by molar-refractivity contribution is -0.384. The Bertz CT molecular complexity index is 2170. The van der Waals surface area contributed by atoms with Crippen molar-refractivity contribution in [1.29, 1.82) is 0 Å². The molecule has 1 aromatic heterocycles. The summed E-state index contributed by atoms with van der Waals surface area (Å²) in [5.41, 5.74) is 15.6. The second-order valence-corrected chi connectivity index (χ2v) is 12.0. The molecule has 2 aliphatic heterocycles. The molecule has 2 aliphatic rings. The highest BCUT2D eigenvalue weighted by molar-refractivity contribution is 6.30. The number of hydrogen-bond acceptors (Lipinski definition) is 8. The summed E-state index contributed by atoms with van der Waals surface area (Å²) in [4.78, 5) is 66.7. The summed E-state index contributed by atoms with van der Waals surface area (Å²) < 4.78 is 2.01. The Morgan fingerprint density at radius 3 is 2.09 bits per heavy atom. The standard InChI is InChI=1S/C34H30N6O6/c1-37-26-8-3-2-6-22(26)29-27(37)10-9-24-30(29)34(44)39(32(24)42)14-12-20(36)16-19(35)11-13-38-31(41)23-7-4-5-18-15-21(40(45)46)17-25(28(18)23)33(38)43/h2-10,15,17,19-20H,11-14,16,35-36H2,1H3. The molecule has 46 heavy (non-hydrogen) atoms. The maximum atomic E-state index is 13.6. The number of aryl methyl sites for hydroxylation is 1. The molecule has 2 atom stereocenters.